The second kappa shape index (κ2) is 8.41. The molecular weight excluding hydrogens is 381 g/mol. The lowest BCUT2D eigenvalue weighted by Gasteiger charge is -2.19. The van der Waals surface area contributed by atoms with Gasteiger partial charge < -0.3 is 0 Å². The number of halogens is 1. The van der Waals surface area contributed by atoms with Gasteiger partial charge in [0.05, 0.1) is 12.2 Å². The van der Waals surface area contributed by atoms with E-state index < -0.39 is 5.67 Å². The third-order valence-electron chi connectivity index (χ3n) is 4.59. The molecule has 2 atom stereocenters. The van der Waals surface area contributed by atoms with Gasteiger partial charge >= 0.3 is 0 Å². The van der Waals surface area contributed by atoms with Gasteiger partial charge in [-0.05, 0) is 38.2 Å². The van der Waals surface area contributed by atoms with E-state index in [0.29, 0.717) is 18.6 Å². The maximum absolute atomic E-state index is 13.6. The number of alkyl halides is 1. The van der Waals surface area contributed by atoms with E-state index in [-0.39, 0.29) is 18.4 Å². The van der Waals surface area contributed by atoms with Crippen LogP contribution in [0.25, 0.3) is 10.6 Å². The number of aromatic nitrogens is 2. The Bertz CT molecular complexity index is 845. The highest BCUT2D eigenvalue weighted by molar-refractivity contribution is 7.99. The molecule has 4 nitrogen and oxygen atoms in total. The lowest BCUT2D eigenvalue weighted by molar-refractivity contribution is -0.118. The molecule has 3 rings (SSSR count). The van der Waals surface area contributed by atoms with Crippen molar-refractivity contribution in [1.29, 1.82) is 0 Å². The molecule has 2 aromatic heterocycles. The number of terminal acetylenes is 1. The van der Waals surface area contributed by atoms with Crippen LogP contribution < -0.4 is 4.90 Å². The standard InChI is InChI=1S/C20H22FN3OS2/c1-4-9-24(17(25)7-10-26-13-16-11-20(16,3)21)19-14(2)23-18(27-19)15-6-5-8-22-12-15/h1,5-6,8,12,16H,7,9-11,13H2,2-3H3. The number of nitrogens with zero attached hydrogens (tertiary/aromatic N) is 3. The highest BCUT2D eigenvalue weighted by Crippen LogP contribution is 2.48. The number of rotatable bonds is 8. The minimum absolute atomic E-state index is 0.0243. The van der Waals surface area contributed by atoms with E-state index in [2.05, 4.69) is 15.9 Å². The maximum atomic E-state index is 13.6. The van der Waals surface area contributed by atoms with E-state index in [4.69, 9.17) is 6.42 Å². The van der Waals surface area contributed by atoms with Crippen LogP contribution in [0.3, 0.4) is 0 Å². The number of amides is 1. The molecule has 142 valence electrons. The smallest absolute Gasteiger partial charge is 0.229 e. The second-order valence-electron chi connectivity index (χ2n) is 6.84. The number of anilines is 1. The first-order chi connectivity index (χ1) is 12.9. The van der Waals surface area contributed by atoms with Gasteiger partial charge in [0.25, 0.3) is 0 Å². The van der Waals surface area contributed by atoms with Crippen molar-refractivity contribution in [2.75, 3.05) is 23.0 Å². The summed E-state index contributed by atoms with van der Waals surface area (Å²) in [6, 6.07) is 3.80. The van der Waals surface area contributed by atoms with Crippen LogP contribution >= 0.6 is 23.1 Å². The first kappa shape index (κ1) is 19.8. The van der Waals surface area contributed by atoms with Crippen LogP contribution in [-0.2, 0) is 4.79 Å². The van der Waals surface area contributed by atoms with Crippen molar-refractivity contribution < 1.29 is 9.18 Å². The lowest BCUT2D eigenvalue weighted by Crippen LogP contribution is -2.31. The Balaban J connectivity index is 1.63. The molecular formula is C20H22FN3OS2. The average molecular weight is 404 g/mol. The van der Waals surface area contributed by atoms with Crippen molar-refractivity contribution in [3.63, 3.8) is 0 Å². The molecule has 7 heteroatoms. The van der Waals surface area contributed by atoms with Crippen LogP contribution in [0.2, 0.25) is 0 Å². The molecule has 2 heterocycles. The molecule has 0 aromatic carbocycles. The summed E-state index contributed by atoms with van der Waals surface area (Å²) < 4.78 is 13.6. The Morgan fingerprint density at radius 1 is 1.59 bits per heavy atom. The van der Waals surface area contributed by atoms with Crippen molar-refractivity contribution in [2.24, 2.45) is 5.92 Å². The van der Waals surface area contributed by atoms with Gasteiger partial charge in [-0.1, -0.05) is 17.3 Å². The maximum Gasteiger partial charge on any atom is 0.229 e. The summed E-state index contributed by atoms with van der Waals surface area (Å²) in [4.78, 5) is 23.1. The van der Waals surface area contributed by atoms with Crippen LogP contribution in [0.1, 0.15) is 25.5 Å². The summed E-state index contributed by atoms with van der Waals surface area (Å²) in [7, 11) is 0. The molecule has 27 heavy (non-hydrogen) atoms. The number of thiazole rings is 1. The number of aryl methyl sites for hydroxylation is 1. The molecule has 0 saturated heterocycles. The normalized spacial score (nSPS) is 20.9. The number of hydrogen-bond acceptors (Lipinski definition) is 5. The van der Waals surface area contributed by atoms with Crippen molar-refractivity contribution in [1.82, 2.24) is 9.97 Å². The number of carbonyl (C=O) groups is 1. The molecule has 1 aliphatic rings. The first-order valence-corrected chi connectivity index (χ1v) is 10.8. The van der Waals surface area contributed by atoms with Crippen molar-refractivity contribution in [3.05, 3.63) is 30.2 Å². The SMILES string of the molecule is C#CCN(C(=O)CCSCC1CC1(C)F)c1sc(-c2cccnc2)nc1C. The van der Waals surface area contributed by atoms with E-state index in [1.807, 2.05) is 19.1 Å². The minimum Gasteiger partial charge on any atom is -0.290 e. The number of hydrogen-bond donors (Lipinski definition) is 0. The van der Waals surface area contributed by atoms with E-state index in [0.717, 1.165) is 27.0 Å². The molecule has 2 unspecified atom stereocenters. The van der Waals surface area contributed by atoms with Gasteiger partial charge in [0.15, 0.2) is 0 Å². The quantitative estimate of drug-likeness (QED) is 0.486. The van der Waals surface area contributed by atoms with Gasteiger partial charge in [0, 0.05) is 36.0 Å². The van der Waals surface area contributed by atoms with E-state index >= 15 is 0 Å². The Morgan fingerprint density at radius 3 is 3.00 bits per heavy atom. The summed E-state index contributed by atoms with van der Waals surface area (Å²) >= 11 is 3.08. The third-order valence-corrected chi connectivity index (χ3v) is 6.95. The van der Waals surface area contributed by atoms with Crippen LogP contribution in [0.4, 0.5) is 9.39 Å². The number of pyridine rings is 1. The molecule has 0 bridgehead atoms. The highest BCUT2D eigenvalue weighted by Gasteiger charge is 2.50. The van der Waals surface area contributed by atoms with Gasteiger partial charge in [-0.25, -0.2) is 9.37 Å². The molecule has 1 aliphatic carbocycles. The van der Waals surface area contributed by atoms with E-state index in [1.54, 1.807) is 36.0 Å². The Kier molecular flexibility index (Phi) is 6.18. The number of carbonyl (C=O) groups excluding carboxylic acids is 1. The zero-order chi connectivity index (χ0) is 19.4. The molecule has 0 aliphatic heterocycles. The fraction of sp³-hybridized carbons (Fsp3) is 0.450. The fourth-order valence-electron chi connectivity index (χ4n) is 2.79. The molecule has 1 amide bonds. The summed E-state index contributed by atoms with van der Waals surface area (Å²) in [6.07, 6.45) is 9.96. The largest absolute Gasteiger partial charge is 0.290 e. The van der Waals surface area contributed by atoms with Crippen LogP contribution in [0.5, 0.6) is 0 Å². The molecule has 1 saturated carbocycles. The predicted molar refractivity (Wildman–Crippen MR) is 111 cm³/mol. The predicted octanol–water partition coefficient (Wildman–Crippen LogP) is 4.35. The zero-order valence-corrected chi connectivity index (χ0v) is 17.1. The molecule has 2 aromatic rings. The topological polar surface area (TPSA) is 46.1 Å². The van der Waals surface area contributed by atoms with Crippen molar-refractivity contribution in [2.45, 2.75) is 32.4 Å². The van der Waals surface area contributed by atoms with Gasteiger partial charge in [-0.2, -0.15) is 11.8 Å². The lowest BCUT2D eigenvalue weighted by atomic mass is 10.3. The van der Waals surface area contributed by atoms with Gasteiger partial charge in [0.2, 0.25) is 5.91 Å². The van der Waals surface area contributed by atoms with Gasteiger partial charge in [0.1, 0.15) is 15.7 Å². The minimum atomic E-state index is -1.00. The molecule has 0 radical (unpaired) electrons. The fourth-order valence-corrected chi connectivity index (χ4v) is 5.10. The van der Waals surface area contributed by atoms with Gasteiger partial charge in [-0.15, -0.1) is 6.42 Å². The second-order valence-corrected chi connectivity index (χ2v) is 8.97. The Labute approximate surface area is 167 Å². The number of thioether (sulfide) groups is 1. The van der Waals surface area contributed by atoms with Crippen molar-refractivity contribution >= 4 is 34.0 Å². The molecule has 0 spiro atoms. The summed E-state index contributed by atoms with van der Waals surface area (Å²) in [6.45, 7) is 3.74. The van der Waals surface area contributed by atoms with Crippen LogP contribution in [0, 0.1) is 25.2 Å². The molecule has 0 N–H and O–H groups in total. The third kappa shape index (κ3) is 4.88. The van der Waals surface area contributed by atoms with Crippen LogP contribution in [-0.4, -0.2) is 39.6 Å². The monoisotopic (exact) mass is 403 g/mol. The van der Waals surface area contributed by atoms with E-state index in [1.165, 1.54) is 11.3 Å². The van der Waals surface area contributed by atoms with Crippen LogP contribution in [0.15, 0.2) is 24.5 Å². The Hall–Kier alpha value is -1.91. The highest BCUT2D eigenvalue weighted by atomic mass is 32.2. The zero-order valence-electron chi connectivity index (χ0n) is 15.4. The van der Waals surface area contributed by atoms with E-state index in [9.17, 15) is 9.18 Å². The van der Waals surface area contributed by atoms with Crippen molar-refractivity contribution in [3.8, 4) is 22.9 Å². The molecule has 1 fully saturated rings. The summed E-state index contributed by atoms with van der Waals surface area (Å²) in [5.74, 6) is 4.10. The Morgan fingerprint density at radius 2 is 2.37 bits per heavy atom. The first-order valence-electron chi connectivity index (χ1n) is 8.80. The average Bonchev–Trinajstić information content (AvgIpc) is 3.08. The summed E-state index contributed by atoms with van der Waals surface area (Å²) in [5.41, 5.74) is 0.690. The summed E-state index contributed by atoms with van der Waals surface area (Å²) in [5, 5.41) is 1.59. The van der Waals surface area contributed by atoms with Gasteiger partial charge in [-0.3, -0.25) is 14.7 Å².